The SMILES string of the molecule is Cl.O=C(c1cnc2ccc(F)cc2c1)N1CCNCC1. The molecule has 3 rings (SSSR count). The summed E-state index contributed by atoms with van der Waals surface area (Å²) in [7, 11) is 0. The van der Waals surface area contributed by atoms with Gasteiger partial charge in [0.15, 0.2) is 0 Å². The third-order valence-corrected chi connectivity index (χ3v) is 3.29. The minimum Gasteiger partial charge on any atom is -0.336 e. The van der Waals surface area contributed by atoms with Gasteiger partial charge in [0.25, 0.3) is 5.91 Å². The third-order valence-electron chi connectivity index (χ3n) is 3.29. The molecule has 0 unspecified atom stereocenters. The van der Waals surface area contributed by atoms with Gasteiger partial charge in [-0.2, -0.15) is 0 Å². The van der Waals surface area contributed by atoms with Gasteiger partial charge in [-0.15, -0.1) is 12.4 Å². The van der Waals surface area contributed by atoms with E-state index in [1.54, 1.807) is 23.2 Å². The van der Waals surface area contributed by atoms with Gasteiger partial charge in [-0.1, -0.05) is 0 Å². The molecule has 2 heterocycles. The lowest BCUT2D eigenvalue weighted by Gasteiger charge is -2.27. The van der Waals surface area contributed by atoms with Gasteiger partial charge in [-0.25, -0.2) is 4.39 Å². The van der Waals surface area contributed by atoms with Crippen molar-refractivity contribution in [1.82, 2.24) is 15.2 Å². The Kier molecular flexibility index (Phi) is 4.52. The summed E-state index contributed by atoms with van der Waals surface area (Å²) in [6.45, 7) is 3.00. The minimum absolute atomic E-state index is 0. The van der Waals surface area contributed by atoms with E-state index in [1.165, 1.54) is 12.1 Å². The molecule has 4 nitrogen and oxygen atoms in total. The first-order valence-electron chi connectivity index (χ1n) is 6.29. The van der Waals surface area contributed by atoms with Gasteiger partial charge in [0.05, 0.1) is 11.1 Å². The largest absolute Gasteiger partial charge is 0.336 e. The summed E-state index contributed by atoms with van der Waals surface area (Å²) in [5, 5.41) is 3.85. The van der Waals surface area contributed by atoms with E-state index in [0.717, 1.165) is 13.1 Å². The molecule has 1 aliphatic rings. The van der Waals surface area contributed by atoms with Crippen LogP contribution < -0.4 is 5.32 Å². The number of benzene rings is 1. The highest BCUT2D eigenvalue weighted by molar-refractivity contribution is 5.97. The number of piperazine rings is 1. The predicted octanol–water partition coefficient (Wildman–Crippen LogP) is 1.84. The smallest absolute Gasteiger partial charge is 0.255 e. The summed E-state index contributed by atoms with van der Waals surface area (Å²) in [4.78, 5) is 18.3. The van der Waals surface area contributed by atoms with Gasteiger partial charge in [-0.05, 0) is 24.3 Å². The highest BCUT2D eigenvalue weighted by Crippen LogP contribution is 2.16. The number of halogens is 2. The number of aromatic nitrogens is 1. The number of amides is 1. The van der Waals surface area contributed by atoms with Crippen LogP contribution in [0.1, 0.15) is 10.4 Å². The Hall–Kier alpha value is -1.72. The molecule has 0 atom stereocenters. The van der Waals surface area contributed by atoms with E-state index in [-0.39, 0.29) is 24.1 Å². The maximum Gasteiger partial charge on any atom is 0.255 e. The van der Waals surface area contributed by atoms with Crippen LogP contribution in [0.4, 0.5) is 4.39 Å². The molecule has 0 aliphatic carbocycles. The van der Waals surface area contributed by atoms with Crippen molar-refractivity contribution in [3.8, 4) is 0 Å². The molecule has 2 aromatic rings. The van der Waals surface area contributed by atoms with Crippen molar-refractivity contribution in [2.45, 2.75) is 0 Å². The maximum atomic E-state index is 13.2. The maximum absolute atomic E-state index is 13.2. The molecule has 1 amide bonds. The van der Waals surface area contributed by atoms with Gasteiger partial charge in [0, 0.05) is 37.8 Å². The molecule has 0 spiro atoms. The van der Waals surface area contributed by atoms with Crippen molar-refractivity contribution in [2.75, 3.05) is 26.2 Å². The Morgan fingerprint density at radius 2 is 2.00 bits per heavy atom. The standard InChI is InChI=1S/C14H14FN3O.ClH/c15-12-1-2-13-10(8-12)7-11(9-17-13)14(19)18-5-3-16-4-6-18;/h1-2,7-9,16H,3-6H2;1H. The molecule has 1 aromatic heterocycles. The van der Waals surface area contributed by atoms with Crippen molar-refractivity contribution < 1.29 is 9.18 Å². The molecule has 1 aromatic carbocycles. The summed E-state index contributed by atoms with van der Waals surface area (Å²) in [5.41, 5.74) is 1.21. The van der Waals surface area contributed by atoms with Crippen LogP contribution in [0.15, 0.2) is 30.5 Å². The molecule has 1 fully saturated rings. The van der Waals surface area contributed by atoms with E-state index in [9.17, 15) is 9.18 Å². The number of nitrogens with one attached hydrogen (secondary N) is 1. The lowest BCUT2D eigenvalue weighted by atomic mass is 10.1. The number of fused-ring (bicyclic) bond motifs is 1. The summed E-state index contributed by atoms with van der Waals surface area (Å²) in [5.74, 6) is -0.360. The monoisotopic (exact) mass is 295 g/mol. The molecule has 1 saturated heterocycles. The highest BCUT2D eigenvalue weighted by Gasteiger charge is 2.18. The van der Waals surface area contributed by atoms with Crippen molar-refractivity contribution in [3.05, 3.63) is 41.8 Å². The average Bonchev–Trinajstić information content (AvgIpc) is 2.46. The first-order chi connectivity index (χ1) is 9.24. The van der Waals surface area contributed by atoms with E-state index in [2.05, 4.69) is 10.3 Å². The third kappa shape index (κ3) is 2.89. The fourth-order valence-corrected chi connectivity index (χ4v) is 2.27. The molecule has 6 heteroatoms. The molecule has 0 bridgehead atoms. The molecule has 0 saturated carbocycles. The molecule has 20 heavy (non-hydrogen) atoms. The molecule has 1 N–H and O–H groups in total. The van der Waals surface area contributed by atoms with Crippen molar-refractivity contribution >= 4 is 29.2 Å². The molecular formula is C14H15ClFN3O. The summed E-state index contributed by atoms with van der Waals surface area (Å²) in [6, 6.07) is 6.09. The first kappa shape index (κ1) is 14.7. The van der Waals surface area contributed by atoms with Crippen molar-refractivity contribution in [1.29, 1.82) is 0 Å². The summed E-state index contributed by atoms with van der Waals surface area (Å²) < 4.78 is 13.2. The van der Waals surface area contributed by atoms with Crippen LogP contribution in [0.2, 0.25) is 0 Å². The van der Waals surface area contributed by atoms with Crippen molar-refractivity contribution in [2.24, 2.45) is 0 Å². The normalized spacial score (nSPS) is 14.9. The number of pyridine rings is 1. The second-order valence-corrected chi connectivity index (χ2v) is 4.60. The van der Waals surface area contributed by atoms with E-state index < -0.39 is 0 Å². The van der Waals surface area contributed by atoms with Crippen LogP contribution in [-0.2, 0) is 0 Å². The van der Waals surface area contributed by atoms with E-state index >= 15 is 0 Å². The lowest BCUT2D eigenvalue weighted by molar-refractivity contribution is 0.0735. The van der Waals surface area contributed by atoms with Crippen LogP contribution in [0, 0.1) is 5.82 Å². The van der Waals surface area contributed by atoms with Gasteiger partial charge in [0.2, 0.25) is 0 Å². The number of hydrogen-bond acceptors (Lipinski definition) is 3. The topological polar surface area (TPSA) is 45.2 Å². The number of hydrogen-bond donors (Lipinski definition) is 1. The quantitative estimate of drug-likeness (QED) is 0.873. The molecule has 1 aliphatic heterocycles. The predicted molar refractivity (Wildman–Crippen MR) is 77.7 cm³/mol. The Labute approximate surface area is 122 Å². The number of carbonyl (C=O) groups excluding carboxylic acids is 1. The van der Waals surface area contributed by atoms with Crippen LogP contribution in [0.25, 0.3) is 10.9 Å². The molecular weight excluding hydrogens is 281 g/mol. The second kappa shape index (κ2) is 6.15. The Morgan fingerprint density at radius 1 is 1.25 bits per heavy atom. The summed E-state index contributed by atoms with van der Waals surface area (Å²) >= 11 is 0. The fourth-order valence-electron chi connectivity index (χ4n) is 2.27. The van der Waals surface area contributed by atoms with E-state index in [4.69, 9.17) is 0 Å². The molecule has 106 valence electrons. The zero-order chi connectivity index (χ0) is 13.2. The van der Waals surface area contributed by atoms with Gasteiger partial charge in [0.1, 0.15) is 5.82 Å². The van der Waals surface area contributed by atoms with Crippen LogP contribution in [0.5, 0.6) is 0 Å². The fraction of sp³-hybridized carbons (Fsp3) is 0.286. The minimum atomic E-state index is -0.318. The van der Waals surface area contributed by atoms with E-state index in [0.29, 0.717) is 29.6 Å². The summed E-state index contributed by atoms with van der Waals surface area (Å²) in [6.07, 6.45) is 1.56. The Morgan fingerprint density at radius 3 is 2.75 bits per heavy atom. The Bertz CT molecular complexity index is 629. The highest BCUT2D eigenvalue weighted by atomic mass is 35.5. The van der Waals surface area contributed by atoms with Gasteiger partial charge < -0.3 is 10.2 Å². The van der Waals surface area contributed by atoms with Crippen molar-refractivity contribution in [3.63, 3.8) is 0 Å². The number of nitrogens with zero attached hydrogens (tertiary/aromatic N) is 2. The zero-order valence-corrected chi connectivity index (χ0v) is 11.6. The van der Waals surface area contributed by atoms with Crippen LogP contribution in [-0.4, -0.2) is 42.0 Å². The Balaban J connectivity index is 0.00000147. The number of rotatable bonds is 1. The molecule has 0 radical (unpaired) electrons. The lowest BCUT2D eigenvalue weighted by Crippen LogP contribution is -2.46. The zero-order valence-electron chi connectivity index (χ0n) is 10.8. The number of carbonyl (C=O) groups is 1. The first-order valence-corrected chi connectivity index (χ1v) is 6.29. The average molecular weight is 296 g/mol. The van der Waals surface area contributed by atoms with Crippen LogP contribution in [0.3, 0.4) is 0 Å². The second-order valence-electron chi connectivity index (χ2n) is 4.60. The van der Waals surface area contributed by atoms with E-state index in [1.807, 2.05) is 0 Å². The van der Waals surface area contributed by atoms with Gasteiger partial charge >= 0.3 is 0 Å². The van der Waals surface area contributed by atoms with Crippen LogP contribution >= 0.6 is 12.4 Å². The van der Waals surface area contributed by atoms with Gasteiger partial charge in [-0.3, -0.25) is 9.78 Å².